The Labute approximate surface area is 110 Å². The molecule has 0 amide bonds. The van der Waals surface area contributed by atoms with E-state index in [1.807, 2.05) is 31.2 Å². The van der Waals surface area contributed by atoms with Crippen LogP contribution < -0.4 is 4.90 Å². The zero-order chi connectivity index (χ0) is 13.8. The van der Waals surface area contributed by atoms with Crippen LogP contribution in [0.3, 0.4) is 0 Å². The second-order valence-electron chi connectivity index (χ2n) is 4.31. The molecule has 0 bridgehead atoms. The molecular formula is C13H15N3O3. The van der Waals surface area contributed by atoms with Crippen molar-refractivity contribution in [2.75, 3.05) is 11.4 Å². The summed E-state index contributed by atoms with van der Waals surface area (Å²) in [5, 5.41) is 12.8. The summed E-state index contributed by atoms with van der Waals surface area (Å²) >= 11 is 0. The standard InChI is InChI=1S/C13H15N3O3/c1-9-3-5-11(6-4-9)16(8-13(17)18)7-12-14-10(2)19-15-12/h3-6H,7-8H2,1-2H3,(H,17,18). The van der Waals surface area contributed by atoms with E-state index < -0.39 is 5.97 Å². The van der Waals surface area contributed by atoms with Gasteiger partial charge in [0, 0.05) is 12.6 Å². The van der Waals surface area contributed by atoms with Crippen molar-refractivity contribution < 1.29 is 14.4 Å². The van der Waals surface area contributed by atoms with Gasteiger partial charge in [-0.2, -0.15) is 4.98 Å². The van der Waals surface area contributed by atoms with E-state index in [1.54, 1.807) is 11.8 Å². The lowest BCUT2D eigenvalue weighted by Gasteiger charge is -2.21. The number of hydrogen-bond donors (Lipinski definition) is 1. The first kappa shape index (κ1) is 13.1. The van der Waals surface area contributed by atoms with Gasteiger partial charge in [0.1, 0.15) is 6.54 Å². The SMILES string of the molecule is Cc1ccc(N(CC(=O)O)Cc2noc(C)n2)cc1. The normalized spacial score (nSPS) is 10.4. The summed E-state index contributed by atoms with van der Waals surface area (Å²) in [6.07, 6.45) is 0. The van der Waals surface area contributed by atoms with Crippen LogP contribution in [0.5, 0.6) is 0 Å². The van der Waals surface area contributed by atoms with Crippen LogP contribution >= 0.6 is 0 Å². The molecule has 6 heteroatoms. The van der Waals surface area contributed by atoms with Gasteiger partial charge in [-0.15, -0.1) is 0 Å². The Bertz CT molecular complexity index is 563. The number of aryl methyl sites for hydroxylation is 2. The van der Waals surface area contributed by atoms with Gasteiger partial charge < -0.3 is 14.5 Å². The van der Waals surface area contributed by atoms with E-state index in [9.17, 15) is 4.79 Å². The van der Waals surface area contributed by atoms with Crippen LogP contribution in [-0.2, 0) is 11.3 Å². The molecule has 1 heterocycles. The molecular weight excluding hydrogens is 246 g/mol. The summed E-state index contributed by atoms with van der Waals surface area (Å²) in [6, 6.07) is 7.63. The minimum Gasteiger partial charge on any atom is -0.480 e. The number of rotatable bonds is 5. The van der Waals surface area contributed by atoms with Gasteiger partial charge in [-0.3, -0.25) is 4.79 Å². The molecule has 19 heavy (non-hydrogen) atoms. The van der Waals surface area contributed by atoms with Gasteiger partial charge in [0.15, 0.2) is 5.82 Å². The van der Waals surface area contributed by atoms with Gasteiger partial charge in [0.05, 0.1) is 6.54 Å². The number of carbonyl (C=O) groups is 1. The van der Waals surface area contributed by atoms with Crippen LogP contribution in [0.1, 0.15) is 17.3 Å². The number of hydrogen-bond acceptors (Lipinski definition) is 5. The first-order valence-corrected chi connectivity index (χ1v) is 5.87. The van der Waals surface area contributed by atoms with Crippen LogP contribution in [0.25, 0.3) is 0 Å². The molecule has 0 spiro atoms. The summed E-state index contributed by atoms with van der Waals surface area (Å²) in [7, 11) is 0. The van der Waals surface area contributed by atoms with E-state index in [0.717, 1.165) is 11.3 Å². The number of benzene rings is 1. The van der Waals surface area contributed by atoms with Gasteiger partial charge in [-0.1, -0.05) is 22.9 Å². The van der Waals surface area contributed by atoms with Crippen molar-refractivity contribution in [2.45, 2.75) is 20.4 Å². The van der Waals surface area contributed by atoms with Crippen molar-refractivity contribution in [3.63, 3.8) is 0 Å². The number of aliphatic carboxylic acids is 1. The van der Waals surface area contributed by atoms with Crippen LogP contribution in [0.15, 0.2) is 28.8 Å². The Hall–Kier alpha value is -2.37. The number of carboxylic acid groups (broad SMARTS) is 1. The zero-order valence-electron chi connectivity index (χ0n) is 10.8. The van der Waals surface area contributed by atoms with Gasteiger partial charge in [0.2, 0.25) is 5.89 Å². The van der Waals surface area contributed by atoms with Crippen molar-refractivity contribution in [3.05, 3.63) is 41.5 Å². The monoisotopic (exact) mass is 261 g/mol. The topological polar surface area (TPSA) is 79.5 Å². The summed E-state index contributed by atoms with van der Waals surface area (Å²) in [5.41, 5.74) is 1.94. The van der Waals surface area contributed by atoms with Gasteiger partial charge in [0.25, 0.3) is 0 Å². The summed E-state index contributed by atoms with van der Waals surface area (Å²) in [6.45, 7) is 3.86. The van der Waals surface area contributed by atoms with Crippen molar-refractivity contribution in [1.29, 1.82) is 0 Å². The second-order valence-corrected chi connectivity index (χ2v) is 4.31. The first-order valence-electron chi connectivity index (χ1n) is 5.87. The molecule has 0 unspecified atom stereocenters. The third-order valence-corrected chi connectivity index (χ3v) is 2.63. The molecule has 0 aliphatic carbocycles. The van der Waals surface area contributed by atoms with Crippen LogP contribution in [0.4, 0.5) is 5.69 Å². The zero-order valence-corrected chi connectivity index (χ0v) is 10.8. The maximum Gasteiger partial charge on any atom is 0.323 e. The maximum absolute atomic E-state index is 10.9. The fourth-order valence-corrected chi connectivity index (χ4v) is 1.73. The molecule has 1 aromatic carbocycles. The molecule has 0 atom stereocenters. The van der Waals surface area contributed by atoms with Crippen molar-refractivity contribution in [2.24, 2.45) is 0 Å². The number of aromatic nitrogens is 2. The minimum atomic E-state index is -0.902. The van der Waals surface area contributed by atoms with E-state index in [0.29, 0.717) is 18.3 Å². The van der Waals surface area contributed by atoms with E-state index in [-0.39, 0.29) is 6.54 Å². The highest BCUT2D eigenvalue weighted by atomic mass is 16.5. The van der Waals surface area contributed by atoms with Gasteiger partial charge in [-0.05, 0) is 19.1 Å². The van der Waals surface area contributed by atoms with Crippen LogP contribution in [0.2, 0.25) is 0 Å². The first-order chi connectivity index (χ1) is 9.04. The van der Waals surface area contributed by atoms with Crippen molar-refractivity contribution >= 4 is 11.7 Å². The third-order valence-electron chi connectivity index (χ3n) is 2.63. The maximum atomic E-state index is 10.9. The lowest BCUT2D eigenvalue weighted by Crippen LogP contribution is -2.29. The Morgan fingerprint density at radius 3 is 2.53 bits per heavy atom. The second kappa shape index (κ2) is 5.51. The third kappa shape index (κ3) is 3.54. The molecule has 100 valence electrons. The molecule has 2 rings (SSSR count). The van der Waals surface area contributed by atoms with E-state index in [1.165, 1.54) is 0 Å². The summed E-state index contributed by atoms with van der Waals surface area (Å²) < 4.78 is 4.89. The quantitative estimate of drug-likeness (QED) is 0.883. The highest BCUT2D eigenvalue weighted by Crippen LogP contribution is 2.17. The molecule has 0 aliphatic heterocycles. The molecule has 0 aliphatic rings. The van der Waals surface area contributed by atoms with Crippen LogP contribution in [-0.4, -0.2) is 27.8 Å². The number of anilines is 1. The van der Waals surface area contributed by atoms with E-state index >= 15 is 0 Å². The van der Waals surface area contributed by atoms with E-state index in [4.69, 9.17) is 9.63 Å². The van der Waals surface area contributed by atoms with Gasteiger partial charge in [-0.25, -0.2) is 0 Å². The van der Waals surface area contributed by atoms with Crippen molar-refractivity contribution in [3.8, 4) is 0 Å². The lowest BCUT2D eigenvalue weighted by molar-refractivity contribution is -0.135. The molecule has 1 N–H and O–H groups in total. The molecule has 0 saturated heterocycles. The molecule has 0 radical (unpaired) electrons. The summed E-state index contributed by atoms with van der Waals surface area (Å²) in [4.78, 5) is 16.7. The van der Waals surface area contributed by atoms with Crippen LogP contribution in [0, 0.1) is 13.8 Å². The Morgan fingerprint density at radius 2 is 2.00 bits per heavy atom. The predicted molar refractivity (Wildman–Crippen MR) is 68.9 cm³/mol. The fraction of sp³-hybridized carbons (Fsp3) is 0.308. The lowest BCUT2D eigenvalue weighted by atomic mass is 10.2. The molecule has 6 nitrogen and oxygen atoms in total. The number of carboxylic acids is 1. The average Bonchev–Trinajstić information content (AvgIpc) is 2.74. The molecule has 2 aromatic rings. The van der Waals surface area contributed by atoms with E-state index in [2.05, 4.69) is 10.1 Å². The largest absolute Gasteiger partial charge is 0.480 e. The highest BCUT2D eigenvalue weighted by Gasteiger charge is 2.14. The molecule has 1 aromatic heterocycles. The Kier molecular flexibility index (Phi) is 3.79. The molecule has 0 saturated carbocycles. The minimum absolute atomic E-state index is 0.114. The summed E-state index contributed by atoms with van der Waals surface area (Å²) in [5.74, 6) is 0.0364. The van der Waals surface area contributed by atoms with Crippen molar-refractivity contribution in [1.82, 2.24) is 10.1 Å². The average molecular weight is 261 g/mol. The Morgan fingerprint density at radius 1 is 1.32 bits per heavy atom. The number of nitrogens with zero attached hydrogens (tertiary/aromatic N) is 3. The molecule has 0 fully saturated rings. The van der Waals surface area contributed by atoms with Gasteiger partial charge >= 0.3 is 5.97 Å². The Balaban J connectivity index is 2.20. The predicted octanol–water partition coefficient (Wildman–Crippen LogP) is 1.78. The smallest absolute Gasteiger partial charge is 0.323 e. The fourth-order valence-electron chi connectivity index (χ4n) is 1.73. The highest BCUT2D eigenvalue weighted by molar-refractivity contribution is 5.73.